The van der Waals surface area contributed by atoms with Crippen molar-refractivity contribution in [1.82, 2.24) is 5.32 Å². The molecule has 2 aromatic carbocycles. The van der Waals surface area contributed by atoms with Gasteiger partial charge in [0.1, 0.15) is 0 Å². The van der Waals surface area contributed by atoms with Crippen molar-refractivity contribution in [3.63, 3.8) is 0 Å². The second-order valence-electron chi connectivity index (χ2n) is 8.06. The normalized spacial score (nSPS) is 19.9. The van der Waals surface area contributed by atoms with Crippen molar-refractivity contribution in [2.24, 2.45) is 5.92 Å². The van der Waals surface area contributed by atoms with Gasteiger partial charge in [0.05, 0.1) is 20.3 Å². The number of hydrogen-bond donors (Lipinski definition) is 2. The van der Waals surface area contributed by atoms with E-state index in [0.717, 1.165) is 36.4 Å². The van der Waals surface area contributed by atoms with Crippen molar-refractivity contribution in [2.45, 2.75) is 51.2 Å². The van der Waals surface area contributed by atoms with Crippen molar-refractivity contribution >= 4 is 0 Å². The second kappa shape index (κ2) is 9.44. The van der Waals surface area contributed by atoms with E-state index in [1.165, 1.54) is 11.1 Å². The Balaban J connectivity index is 1.64. The highest BCUT2D eigenvalue weighted by molar-refractivity contribution is 5.49. The van der Waals surface area contributed by atoms with Gasteiger partial charge in [-0.3, -0.25) is 0 Å². The third-order valence-corrected chi connectivity index (χ3v) is 5.93. The number of nitrogens with one attached hydrogen (secondary N) is 1. The minimum atomic E-state index is -0.389. The van der Waals surface area contributed by atoms with E-state index >= 15 is 0 Å². The molecule has 2 N–H and O–H groups in total. The molecule has 1 aliphatic rings. The Kier molecular flexibility index (Phi) is 6.97. The van der Waals surface area contributed by atoms with Crippen LogP contribution in [0.1, 0.15) is 42.9 Å². The first-order valence-corrected chi connectivity index (χ1v) is 10.2. The molecule has 0 amide bonds. The van der Waals surface area contributed by atoms with Crippen LogP contribution in [-0.2, 0) is 12.8 Å². The Bertz CT molecular complexity index is 760. The van der Waals surface area contributed by atoms with Crippen molar-refractivity contribution in [3.8, 4) is 11.5 Å². The number of aliphatic hydroxyl groups is 1. The number of rotatable bonds is 8. The van der Waals surface area contributed by atoms with Crippen LogP contribution >= 0.6 is 0 Å². The minimum Gasteiger partial charge on any atom is -0.493 e. The fourth-order valence-corrected chi connectivity index (χ4v) is 4.30. The minimum absolute atomic E-state index is 0.0641. The van der Waals surface area contributed by atoms with Crippen molar-refractivity contribution < 1.29 is 14.6 Å². The second-order valence-corrected chi connectivity index (χ2v) is 8.06. The molecule has 1 unspecified atom stereocenters. The lowest BCUT2D eigenvalue weighted by Crippen LogP contribution is -2.46. The molecule has 1 aliphatic carbocycles. The van der Waals surface area contributed by atoms with Crippen molar-refractivity contribution in [2.75, 3.05) is 20.8 Å². The predicted octanol–water partition coefficient (Wildman–Crippen LogP) is 3.95. The number of fused-ring (bicyclic) bond motifs is 1. The molecular formula is C24H33NO3. The van der Waals surface area contributed by atoms with Gasteiger partial charge in [-0.25, -0.2) is 0 Å². The summed E-state index contributed by atoms with van der Waals surface area (Å²) < 4.78 is 10.8. The lowest BCUT2D eigenvalue weighted by Gasteiger charge is -2.32. The van der Waals surface area contributed by atoms with Crippen molar-refractivity contribution in [3.05, 3.63) is 59.2 Å². The molecule has 0 fully saturated rings. The third-order valence-electron chi connectivity index (χ3n) is 5.93. The summed E-state index contributed by atoms with van der Waals surface area (Å²) in [5, 5.41) is 14.3. The molecule has 0 aromatic heterocycles. The van der Waals surface area contributed by atoms with Crippen LogP contribution in [0, 0.1) is 5.92 Å². The Hall–Kier alpha value is -2.04. The first-order chi connectivity index (χ1) is 13.5. The molecular weight excluding hydrogens is 350 g/mol. The van der Waals surface area contributed by atoms with Gasteiger partial charge in [-0.15, -0.1) is 0 Å². The molecule has 0 radical (unpaired) electrons. The molecule has 2 aromatic rings. The standard InChI is InChI=1S/C24H33NO3/c1-16(2)20(17-8-6-5-7-9-17)10-11-25-21-12-18-14-23(27-3)24(28-4)15-19(18)13-22(21)26/h5-9,14-16,20-22,25-26H,10-13H2,1-4H3/t20?,21-,22-/m0/s1. The fraction of sp³-hybridized carbons (Fsp3) is 0.500. The molecule has 4 heteroatoms. The van der Waals surface area contributed by atoms with Gasteiger partial charge in [0.15, 0.2) is 11.5 Å². The summed E-state index contributed by atoms with van der Waals surface area (Å²) in [4.78, 5) is 0. The zero-order valence-corrected chi connectivity index (χ0v) is 17.4. The lowest BCUT2D eigenvalue weighted by molar-refractivity contribution is 0.118. The first kappa shape index (κ1) is 20.7. The van der Waals surface area contributed by atoms with Gasteiger partial charge in [0.25, 0.3) is 0 Å². The SMILES string of the molecule is COc1cc2c(cc1OC)C[C@H](O)[C@@H](NCCC(c1ccccc1)C(C)C)C2. The zero-order chi connectivity index (χ0) is 20.1. The van der Waals surface area contributed by atoms with E-state index in [-0.39, 0.29) is 12.1 Å². The summed E-state index contributed by atoms with van der Waals surface area (Å²) in [7, 11) is 3.30. The fourth-order valence-electron chi connectivity index (χ4n) is 4.30. The zero-order valence-electron chi connectivity index (χ0n) is 17.4. The quantitative estimate of drug-likeness (QED) is 0.725. The lowest BCUT2D eigenvalue weighted by atomic mass is 9.84. The highest BCUT2D eigenvalue weighted by Gasteiger charge is 2.28. The van der Waals surface area contributed by atoms with E-state index in [4.69, 9.17) is 9.47 Å². The summed E-state index contributed by atoms with van der Waals surface area (Å²) in [6.07, 6.45) is 2.11. The Morgan fingerprint density at radius 3 is 2.18 bits per heavy atom. The molecule has 0 saturated carbocycles. The van der Waals surface area contributed by atoms with Crippen LogP contribution in [0.25, 0.3) is 0 Å². The average Bonchev–Trinajstić information content (AvgIpc) is 2.70. The van der Waals surface area contributed by atoms with Crippen LogP contribution in [-0.4, -0.2) is 38.0 Å². The van der Waals surface area contributed by atoms with Crippen molar-refractivity contribution in [1.29, 1.82) is 0 Å². The molecule has 0 saturated heterocycles. The van der Waals surface area contributed by atoms with Gasteiger partial charge in [-0.1, -0.05) is 44.2 Å². The molecule has 28 heavy (non-hydrogen) atoms. The maximum absolute atomic E-state index is 10.7. The number of ether oxygens (including phenoxy) is 2. The third kappa shape index (κ3) is 4.68. The molecule has 3 rings (SSSR count). The number of hydrogen-bond acceptors (Lipinski definition) is 4. The topological polar surface area (TPSA) is 50.7 Å². The van der Waals surface area contributed by atoms with Crippen LogP contribution in [0.5, 0.6) is 11.5 Å². The molecule has 0 spiro atoms. The molecule has 0 heterocycles. The van der Waals surface area contributed by atoms with Gasteiger partial charge >= 0.3 is 0 Å². The Morgan fingerprint density at radius 1 is 1.00 bits per heavy atom. The summed E-state index contributed by atoms with van der Waals surface area (Å²) in [6.45, 7) is 5.45. The molecule has 0 aliphatic heterocycles. The predicted molar refractivity (Wildman–Crippen MR) is 113 cm³/mol. The first-order valence-electron chi connectivity index (χ1n) is 10.2. The molecule has 152 valence electrons. The van der Waals surface area contributed by atoms with Gasteiger partial charge in [0, 0.05) is 12.5 Å². The van der Waals surface area contributed by atoms with E-state index < -0.39 is 0 Å². The van der Waals surface area contributed by atoms with Crippen LogP contribution in [0.4, 0.5) is 0 Å². The van der Waals surface area contributed by atoms with E-state index in [1.54, 1.807) is 14.2 Å². The van der Waals surface area contributed by atoms with Crippen LogP contribution in [0.2, 0.25) is 0 Å². The van der Waals surface area contributed by atoms with Crippen LogP contribution in [0.15, 0.2) is 42.5 Å². The van der Waals surface area contributed by atoms with Gasteiger partial charge in [0.2, 0.25) is 0 Å². The highest BCUT2D eigenvalue weighted by Crippen LogP contribution is 2.34. The largest absolute Gasteiger partial charge is 0.493 e. The maximum atomic E-state index is 10.7. The number of methoxy groups -OCH3 is 2. The van der Waals surface area contributed by atoms with E-state index in [2.05, 4.69) is 55.6 Å². The summed E-state index contributed by atoms with van der Waals surface area (Å²) in [5.74, 6) is 2.58. The summed E-state index contributed by atoms with van der Waals surface area (Å²) in [5.41, 5.74) is 3.77. The van der Waals surface area contributed by atoms with Gasteiger partial charge in [-0.2, -0.15) is 0 Å². The molecule has 0 bridgehead atoms. The Labute approximate surface area is 168 Å². The van der Waals surface area contributed by atoms with E-state index in [9.17, 15) is 5.11 Å². The van der Waals surface area contributed by atoms with Crippen LogP contribution < -0.4 is 14.8 Å². The summed E-state index contributed by atoms with van der Waals surface area (Å²) in [6, 6.07) is 14.8. The monoisotopic (exact) mass is 383 g/mol. The Morgan fingerprint density at radius 2 is 1.61 bits per heavy atom. The maximum Gasteiger partial charge on any atom is 0.161 e. The number of benzene rings is 2. The van der Waals surface area contributed by atoms with Crippen LogP contribution in [0.3, 0.4) is 0 Å². The summed E-state index contributed by atoms with van der Waals surface area (Å²) >= 11 is 0. The highest BCUT2D eigenvalue weighted by atomic mass is 16.5. The average molecular weight is 384 g/mol. The molecule has 4 nitrogen and oxygen atoms in total. The van der Waals surface area contributed by atoms with E-state index in [1.807, 2.05) is 6.07 Å². The van der Waals surface area contributed by atoms with Gasteiger partial charge < -0.3 is 19.9 Å². The van der Waals surface area contributed by atoms with Gasteiger partial charge in [-0.05, 0) is 60.0 Å². The smallest absolute Gasteiger partial charge is 0.161 e. The molecule has 3 atom stereocenters. The number of aliphatic hydroxyl groups excluding tert-OH is 1. The van der Waals surface area contributed by atoms with E-state index in [0.29, 0.717) is 18.3 Å².